The molecule has 1 saturated heterocycles. The van der Waals surface area contributed by atoms with Crippen LogP contribution in [0.3, 0.4) is 0 Å². The van der Waals surface area contributed by atoms with Crippen molar-refractivity contribution in [3.8, 4) is 11.4 Å². The highest BCUT2D eigenvalue weighted by atomic mass is 32.2. The van der Waals surface area contributed by atoms with Gasteiger partial charge in [-0.1, -0.05) is 62.0 Å². The maximum absolute atomic E-state index is 5.48. The Morgan fingerprint density at radius 3 is 2.57 bits per heavy atom. The van der Waals surface area contributed by atoms with Gasteiger partial charge in [0.05, 0.1) is 19.0 Å². The third-order valence-corrected chi connectivity index (χ3v) is 5.90. The molecule has 0 bridgehead atoms. The summed E-state index contributed by atoms with van der Waals surface area (Å²) in [6, 6.07) is 8.27. The van der Waals surface area contributed by atoms with Crippen molar-refractivity contribution in [1.82, 2.24) is 24.9 Å². The highest BCUT2D eigenvalue weighted by Crippen LogP contribution is 2.27. The second kappa shape index (κ2) is 9.61. The lowest BCUT2D eigenvalue weighted by molar-refractivity contribution is 0.121. The topological polar surface area (TPSA) is 82.1 Å². The van der Waals surface area contributed by atoms with Crippen LogP contribution in [0.4, 0.5) is 5.95 Å². The SMILES string of the molecule is CCc1ccc(-c2noc(CSc3nnc(N4CCOCC4)n3CC(C)C)n2)cc1. The summed E-state index contributed by atoms with van der Waals surface area (Å²) in [5, 5.41) is 13.9. The number of ether oxygens (including phenoxy) is 1. The first kappa shape index (κ1) is 20.9. The van der Waals surface area contributed by atoms with E-state index in [1.165, 1.54) is 5.56 Å². The first-order valence-electron chi connectivity index (χ1n) is 10.4. The summed E-state index contributed by atoms with van der Waals surface area (Å²) in [5.41, 5.74) is 2.25. The molecule has 3 aromatic rings. The molecule has 0 unspecified atom stereocenters. The molecule has 0 spiro atoms. The summed E-state index contributed by atoms with van der Waals surface area (Å²) in [5.74, 6) is 3.16. The molecule has 1 aliphatic rings. The zero-order valence-electron chi connectivity index (χ0n) is 17.7. The average molecular weight is 429 g/mol. The molecule has 9 heteroatoms. The number of aromatic nitrogens is 5. The van der Waals surface area contributed by atoms with Gasteiger partial charge in [-0.05, 0) is 17.9 Å². The maximum Gasteiger partial charge on any atom is 0.237 e. The number of morpholine rings is 1. The first-order chi connectivity index (χ1) is 14.6. The first-order valence-corrected chi connectivity index (χ1v) is 11.4. The van der Waals surface area contributed by atoms with Gasteiger partial charge >= 0.3 is 0 Å². The summed E-state index contributed by atoms with van der Waals surface area (Å²) < 4.78 is 13.1. The largest absolute Gasteiger partial charge is 0.378 e. The molecule has 1 fully saturated rings. The minimum atomic E-state index is 0.487. The van der Waals surface area contributed by atoms with Crippen LogP contribution < -0.4 is 4.90 Å². The van der Waals surface area contributed by atoms with Crippen molar-refractivity contribution in [2.24, 2.45) is 5.92 Å². The number of hydrogen-bond acceptors (Lipinski definition) is 8. The molecule has 1 aromatic carbocycles. The van der Waals surface area contributed by atoms with E-state index in [1.54, 1.807) is 11.8 Å². The molecule has 3 heterocycles. The molecule has 30 heavy (non-hydrogen) atoms. The normalized spacial score (nSPS) is 14.6. The third-order valence-electron chi connectivity index (χ3n) is 4.95. The Morgan fingerprint density at radius 1 is 1.10 bits per heavy atom. The number of anilines is 1. The Bertz CT molecular complexity index is 947. The predicted molar refractivity (Wildman–Crippen MR) is 117 cm³/mol. The summed E-state index contributed by atoms with van der Waals surface area (Å²) in [6.45, 7) is 10.5. The summed E-state index contributed by atoms with van der Waals surface area (Å²) in [7, 11) is 0. The van der Waals surface area contributed by atoms with Gasteiger partial charge in [0.15, 0.2) is 5.16 Å². The van der Waals surface area contributed by atoms with Crippen molar-refractivity contribution in [2.75, 3.05) is 31.2 Å². The predicted octanol–water partition coefficient (Wildman–Crippen LogP) is 3.68. The fraction of sp³-hybridized carbons (Fsp3) is 0.524. The van der Waals surface area contributed by atoms with E-state index >= 15 is 0 Å². The van der Waals surface area contributed by atoms with Crippen LogP contribution in [0.5, 0.6) is 0 Å². The Morgan fingerprint density at radius 2 is 1.87 bits per heavy atom. The quantitative estimate of drug-likeness (QED) is 0.503. The Balaban J connectivity index is 1.46. The van der Waals surface area contributed by atoms with Crippen molar-refractivity contribution in [3.63, 3.8) is 0 Å². The number of rotatable bonds is 8. The van der Waals surface area contributed by atoms with Gasteiger partial charge in [-0.2, -0.15) is 4.98 Å². The highest BCUT2D eigenvalue weighted by Gasteiger charge is 2.22. The minimum absolute atomic E-state index is 0.487. The molecule has 0 N–H and O–H groups in total. The summed E-state index contributed by atoms with van der Waals surface area (Å²) >= 11 is 1.58. The fourth-order valence-electron chi connectivity index (χ4n) is 3.36. The lowest BCUT2D eigenvalue weighted by Gasteiger charge is -2.28. The molecule has 0 radical (unpaired) electrons. The zero-order chi connectivity index (χ0) is 20.9. The Hall–Kier alpha value is -2.39. The summed E-state index contributed by atoms with van der Waals surface area (Å²) in [6.07, 6.45) is 1.01. The second-order valence-corrected chi connectivity index (χ2v) is 8.68. The van der Waals surface area contributed by atoms with Crippen LogP contribution in [0.1, 0.15) is 32.2 Å². The third kappa shape index (κ3) is 4.84. The van der Waals surface area contributed by atoms with Gasteiger partial charge in [0.1, 0.15) is 0 Å². The molecule has 0 saturated carbocycles. The van der Waals surface area contributed by atoms with Gasteiger partial charge < -0.3 is 14.2 Å². The van der Waals surface area contributed by atoms with Crippen molar-refractivity contribution in [2.45, 2.75) is 44.6 Å². The monoisotopic (exact) mass is 428 g/mol. The molecule has 0 aliphatic carbocycles. The van der Waals surface area contributed by atoms with Gasteiger partial charge in [0.25, 0.3) is 0 Å². The van der Waals surface area contributed by atoms with Crippen LogP contribution in [0.25, 0.3) is 11.4 Å². The summed E-state index contributed by atoms with van der Waals surface area (Å²) in [4.78, 5) is 6.80. The van der Waals surface area contributed by atoms with Crippen LogP contribution in [-0.4, -0.2) is 51.2 Å². The fourth-order valence-corrected chi connectivity index (χ4v) is 4.14. The number of benzene rings is 1. The molecule has 160 valence electrons. The number of thioether (sulfide) groups is 1. The molecular weight excluding hydrogens is 400 g/mol. The average Bonchev–Trinajstić information content (AvgIpc) is 3.40. The van der Waals surface area contributed by atoms with E-state index in [2.05, 4.69) is 62.7 Å². The van der Waals surface area contributed by atoms with Crippen LogP contribution in [-0.2, 0) is 23.5 Å². The van der Waals surface area contributed by atoms with E-state index in [0.29, 0.717) is 23.4 Å². The molecule has 2 aromatic heterocycles. The zero-order valence-corrected chi connectivity index (χ0v) is 18.6. The molecular formula is C21H28N6O2S. The number of hydrogen-bond donors (Lipinski definition) is 0. The molecule has 0 amide bonds. The lowest BCUT2D eigenvalue weighted by atomic mass is 10.1. The van der Waals surface area contributed by atoms with E-state index in [-0.39, 0.29) is 0 Å². The van der Waals surface area contributed by atoms with Crippen LogP contribution in [0, 0.1) is 5.92 Å². The Kier molecular flexibility index (Phi) is 6.69. The van der Waals surface area contributed by atoms with E-state index in [9.17, 15) is 0 Å². The van der Waals surface area contributed by atoms with Crippen LogP contribution in [0.2, 0.25) is 0 Å². The van der Waals surface area contributed by atoms with Crippen molar-refractivity contribution < 1.29 is 9.26 Å². The van der Waals surface area contributed by atoms with Crippen molar-refractivity contribution in [1.29, 1.82) is 0 Å². The number of nitrogens with zero attached hydrogens (tertiary/aromatic N) is 6. The lowest BCUT2D eigenvalue weighted by Crippen LogP contribution is -2.38. The van der Waals surface area contributed by atoms with Crippen molar-refractivity contribution >= 4 is 17.7 Å². The molecule has 1 aliphatic heterocycles. The van der Waals surface area contributed by atoms with Gasteiger partial charge in [-0.25, -0.2) is 0 Å². The van der Waals surface area contributed by atoms with Gasteiger partial charge in [0, 0.05) is 25.2 Å². The molecule has 4 rings (SSSR count). The maximum atomic E-state index is 5.48. The van der Waals surface area contributed by atoms with E-state index in [1.807, 2.05) is 12.1 Å². The van der Waals surface area contributed by atoms with Gasteiger partial charge in [-0.15, -0.1) is 10.2 Å². The van der Waals surface area contributed by atoms with E-state index in [4.69, 9.17) is 9.26 Å². The second-order valence-electron chi connectivity index (χ2n) is 7.74. The van der Waals surface area contributed by atoms with Crippen LogP contribution in [0.15, 0.2) is 33.9 Å². The van der Waals surface area contributed by atoms with Gasteiger partial charge in [-0.3, -0.25) is 4.57 Å². The van der Waals surface area contributed by atoms with Crippen LogP contribution >= 0.6 is 11.8 Å². The smallest absolute Gasteiger partial charge is 0.237 e. The van der Waals surface area contributed by atoms with E-state index in [0.717, 1.165) is 55.9 Å². The molecule has 8 nitrogen and oxygen atoms in total. The molecule has 0 atom stereocenters. The highest BCUT2D eigenvalue weighted by molar-refractivity contribution is 7.98. The Labute approximate surface area is 181 Å². The van der Waals surface area contributed by atoms with Gasteiger partial charge in [0.2, 0.25) is 17.7 Å². The van der Waals surface area contributed by atoms with E-state index < -0.39 is 0 Å². The number of aryl methyl sites for hydroxylation is 1. The minimum Gasteiger partial charge on any atom is -0.378 e. The standard InChI is InChI=1S/C21H28N6O2S/c1-4-16-5-7-17(8-6-16)19-22-18(29-25-19)14-30-21-24-23-20(27(21)13-15(2)3)26-9-11-28-12-10-26/h5-8,15H,4,9-14H2,1-3H3. The van der Waals surface area contributed by atoms with Crippen molar-refractivity contribution in [3.05, 3.63) is 35.7 Å².